The zero-order valence-electron chi connectivity index (χ0n) is 23.8. The highest BCUT2D eigenvalue weighted by Crippen LogP contribution is 2.56. The van der Waals surface area contributed by atoms with Crippen LogP contribution in [-0.4, -0.2) is 42.2 Å². The second kappa shape index (κ2) is 10.3. The summed E-state index contributed by atoms with van der Waals surface area (Å²) in [5.74, 6) is 0.517. The highest BCUT2D eigenvalue weighted by molar-refractivity contribution is 6.74. The summed E-state index contributed by atoms with van der Waals surface area (Å²) in [7, 11) is 2.57. The Labute approximate surface area is 227 Å². The first kappa shape index (κ1) is 28.0. The third-order valence-corrected chi connectivity index (χ3v) is 13.0. The van der Waals surface area contributed by atoms with Gasteiger partial charge in [0.1, 0.15) is 0 Å². The van der Waals surface area contributed by atoms with E-state index in [1.165, 1.54) is 0 Å². The van der Waals surface area contributed by atoms with E-state index in [1.807, 2.05) is 24.3 Å². The van der Waals surface area contributed by atoms with Crippen LogP contribution in [-0.2, 0) is 14.0 Å². The van der Waals surface area contributed by atoms with Crippen molar-refractivity contribution in [3.05, 3.63) is 65.2 Å². The van der Waals surface area contributed by atoms with E-state index in [9.17, 15) is 4.79 Å². The minimum absolute atomic E-state index is 0.00200. The van der Waals surface area contributed by atoms with Crippen LogP contribution in [0.3, 0.4) is 0 Å². The average molecular weight is 537 g/mol. The molecule has 38 heavy (non-hydrogen) atoms. The minimum atomic E-state index is -2.20. The van der Waals surface area contributed by atoms with Gasteiger partial charge in [-0.15, -0.1) is 0 Å². The fourth-order valence-corrected chi connectivity index (χ4v) is 6.78. The molecule has 1 fully saturated rings. The van der Waals surface area contributed by atoms with Crippen LogP contribution in [0.5, 0.6) is 17.2 Å². The van der Waals surface area contributed by atoms with Crippen LogP contribution in [0, 0.1) is 11.8 Å². The molecule has 0 N–H and O–H groups in total. The van der Waals surface area contributed by atoms with Gasteiger partial charge in [0.15, 0.2) is 19.8 Å². The second-order valence-electron chi connectivity index (χ2n) is 11.6. The van der Waals surface area contributed by atoms with Gasteiger partial charge in [-0.1, -0.05) is 52.1 Å². The minimum Gasteiger partial charge on any atom is -0.493 e. The molecule has 0 unspecified atom stereocenters. The van der Waals surface area contributed by atoms with E-state index in [4.69, 9.17) is 23.4 Å². The Balaban J connectivity index is 2.02. The lowest BCUT2D eigenvalue weighted by molar-refractivity contribution is -0.141. The van der Waals surface area contributed by atoms with Crippen molar-refractivity contribution in [3.63, 3.8) is 0 Å². The van der Waals surface area contributed by atoms with Crippen molar-refractivity contribution in [2.24, 2.45) is 11.8 Å². The van der Waals surface area contributed by atoms with Gasteiger partial charge in [-0.25, -0.2) is 0 Å². The van der Waals surface area contributed by atoms with Crippen LogP contribution in [0.2, 0.25) is 18.1 Å². The van der Waals surface area contributed by atoms with Gasteiger partial charge in [0.2, 0.25) is 5.75 Å². The molecule has 1 heterocycles. The van der Waals surface area contributed by atoms with E-state index in [0.717, 1.165) is 27.8 Å². The van der Waals surface area contributed by atoms with E-state index in [0.29, 0.717) is 23.9 Å². The summed E-state index contributed by atoms with van der Waals surface area (Å²) in [5.41, 5.74) is 4.90. The molecule has 7 heteroatoms. The van der Waals surface area contributed by atoms with Crippen LogP contribution < -0.4 is 14.2 Å². The molecule has 1 saturated heterocycles. The van der Waals surface area contributed by atoms with Crippen molar-refractivity contribution >= 4 is 26.4 Å². The number of carbonyl (C=O) groups excluding carboxylic acids is 1. The Bertz CT molecular complexity index is 1230. The SMILES string of the molecule is C=Cc1cc2c(cc1C=C)[C@H](O[Si](C)(C)C(C)(C)C)[C@H]1COC(=O)[C@H]1[C@@H]2c1cc(OC)c(OC)c(OC)c1. The van der Waals surface area contributed by atoms with Crippen molar-refractivity contribution in [1.82, 2.24) is 0 Å². The molecule has 204 valence electrons. The standard InChI is InChI=1S/C31H40O6Si/c1-11-18-13-21-22(14-19(18)12-2)28(37-38(9,10)31(3,4)5)23-17-36-30(32)27(23)26(21)20-15-24(33-6)29(35-8)25(16-20)34-7/h11-16,23,26-28H,1-2,17H2,3-10H3/t23-,26+,27+,28-/m0/s1. The van der Waals surface area contributed by atoms with Crippen LogP contribution in [0.1, 0.15) is 60.6 Å². The zero-order valence-corrected chi connectivity index (χ0v) is 24.8. The summed E-state index contributed by atoms with van der Waals surface area (Å²) in [6.45, 7) is 19.6. The Morgan fingerprint density at radius 1 is 0.921 bits per heavy atom. The number of rotatable bonds is 8. The third kappa shape index (κ3) is 4.56. The number of hydrogen-bond acceptors (Lipinski definition) is 6. The van der Waals surface area contributed by atoms with E-state index < -0.39 is 14.2 Å². The predicted octanol–water partition coefficient (Wildman–Crippen LogP) is 7.00. The van der Waals surface area contributed by atoms with Gasteiger partial charge in [-0.05, 0) is 64.1 Å². The number of benzene rings is 2. The monoisotopic (exact) mass is 536 g/mol. The maximum absolute atomic E-state index is 13.4. The lowest BCUT2D eigenvalue weighted by atomic mass is 9.65. The number of ether oxygens (including phenoxy) is 4. The van der Waals surface area contributed by atoms with E-state index in [1.54, 1.807) is 21.3 Å². The van der Waals surface area contributed by atoms with Crippen molar-refractivity contribution < 1.29 is 28.2 Å². The molecular weight excluding hydrogens is 496 g/mol. The highest BCUT2D eigenvalue weighted by atomic mass is 28.4. The molecule has 0 spiro atoms. The van der Waals surface area contributed by atoms with Gasteiger partial charge in [0, 0.05) is 11.8 Å². The zero-order chi connectivity index (χ0) is 28.0. The molecule has 0 saturated carbocycles. The van der Waals surface area contributed by atoms with Crippen LogP contribution in [0.15, 0.2) is 37.4 Å². The van der Waals surface area contributed by atoms with Gasteiger partial charge >= 0.3 is 5.97 Å². The first-order valence-corrected chi connectivity index (χ1v) is 15.9. The largest absolute Gasteiger partial charge is 0.493 e. The number of hydrogen-bond donors (Lipinski definition) is 0. The van der Waals surface area contributed by atoms with Crippen LogP contribution in [0.4, 0.5) is 0 Å². The quantitative estimate of drug-likeness (QED) is 0.267. The molecule has 4 rings (SSSR count). The molecule has 4 atom stereocenters. The fourth-order valence-electron chi connectivity index (χ4n) is 5.49. The highest BCUT2D eigenvalue weighted by Gasteiger charge is 2.54. The predicted molar refractivity (Wildman–Crippen MR) is 154 cm³/mol. The van der Waals surface area contributed by atoms with Crippen molar-refractivity contribution in [2.75, 3.05) is 27.9 Å². The first-order valence-electron chi connectivity index (χ1n) is 13.0. The molecule has 0 radical (unpaired) electrons. The summed E-state index contributed by atoms with van der Waals surface area (Å²) < 4.78 is 29.8. The summed E-state index contributed by atoms with van der Waals surface area (Å²) in [4.78, 5) is 13.4. The summed E-state index contributed by atoms with van der Waals surface area (Å²) in [5, 5.41) is 0.00200. The Morgan fingerprint density at radius 2 is 1.47 bits per heavy atom. The van der Waals surface area contributed by atoms with Crippen molar-refractivity contribution in [1.29, 1.82) is 0 Å². The number of carbonyl (C=O) groups is 1. The number of fused-ring (bicyclic) bond motifs is 2. The summed E-state index contributed by atoms with van der Waals surface area (Å²) in [6, 6.07) is 8.14. The lowest BCUT2D eigenvalue weighted by Gasteiger charge is -2.45. The van der Waals surface area contributed by atoms with Gasteiger partial charge < -0.3 is 23.4 Å². The Morgan fingerprint density at radius 3 is 1.95 bits per heavy atom. The molecule has 1 aliphatic carbocycles. The normalized spacial score (nSPS) is 22.7. The molecule has 2 aromatic carbocycles. The third-order valence-electron chi connectivity index (χ3n) is 8.54. The number of cyclic esters (lactones) is 1. The van der Waals surface area contributed by atoms with Crippen molar-refractivity contribution in [3.8, 4) is 17.2 Å². The molecule has 0 aromatic heterocycles. The van der Waals surface area contributed by atoms with Gasteiger partial charge in [-0.2, -0.15) is 0 Å². The van der Waals surface area contributed by atoms with Gasteiger partial charge in [-0.3, -0.25) is 4.79 Å². The van der Waals surface area contributed by atoms with Crippen LogP contribution in [0.25, 0.3) is 12.2 Å². The summed E-state index contributed by atoms with van der Waals surface area (Å²) in [6.07, 6.45) is 3.39. The molecule has 2 aliphatic rings. The van der Waals surface area contributed by atoms with Gasteiger partial charge in [0.25, 0.3) is 0 Å². The molecule has 0 amide bonds. The van der Waals surface area contributed by atoms with E-state index >= 15 is 0 Å². The summed E-state index contributed by atoms with van der Waals surface area (Å²) >= 11 is 0. The smallest absolute Gasteiger partial charge is 0.310 e. The van der Waals surface area contributed by atoms with Crippen LogP contribution >= 0.6 is 0 Å². The molecule has 0 bridgehead atoms. The number of esters is 1. The molecular formula is C31H40O6Si. The maximum atomic E-state index is 13.4. The van der Waals surface area contributed by atoms with E-state index in [-0.39, 0.29) is 28.9 Å². The maximum Gasteiger partial charge on any atom is 0.310 e. The fraction of sp³-hybridized carbons (Fsp3) is 0.452. The van der Waals surface area contributed by atoms with Crippen molar-refractivity contribution in [2.45, 2.75) is 50.9 Å². The molecule has 2 aromatic rings. The first-order chi connectivity index (χ1) is 17.9. The number of methoxy groups -OCH3 is 3. The molecule has 6 nitrogen and oxygen atoms in total. The lowest BCUT2D eigenvalue weighted by Crippen LogP contribution is -2.46. The van der Waals surface area contributed by atoms with Gasteiger partial charge in [0.05, 0.1) is 40.0 Å². The molecule has 1 aliphatic heterocycles. The average Bonchev–Trinajstić information content (AvgIpc) is 3.27. The Kier molecular flexibility index (Phi) is 7.56. The Hall–Kier alpha value is -3.03. The second-order valence-corrected chi connectivity index (χ2v) is 16.3. The van der Waals surface area contributed by atoms with E-state index in [2.05, 4.69) is 59.2 Å². The topological polar surface area (TPSA) is 63.2 Å².